The van der Waals surface area contributed by atoms with Crippen molar-refractivity contribution in [3.05, 3.63) is 23.8 Å². The second-order valence-electron chi connectivity index (χ2n) is 4.34. The second-order valence-corrected chi connectivity index (χ2v) is 4.34. The average Bonchev–Trinajstić information content (AvgIpc) is 2.42. The molecule has 0 aliphatic rings. The number of nitrogens with zero attached hydrogens (tertiary/aromatic N) is 2. The summed E-state index contributed by atoms with van der Waals surface area (Å²) in [4.78, 5) is 31.4. The Morgan fingerprint density at radius 1 is 0.889 bits per heavy atom. The van der Waals surface area contributed by atoms with Crippen LogP contribution < -0.4 is 0 Å². The molecule has 1 heterocycles. The van der Waals surface area contributed by atoms with Crippen molar-refractivity contribution in [3.8, 4) is 0 Å². The molecule has 0 amide bonds. The van der Waals surface area contributed by atoms with Gasteiger partial charge in [-0.2, -0.15) is 0 Å². The van der Waals surface area contributed by atoms with E-state index in [1.54, 1.807) is 0 Å². The maximum atomic E-state index is 11.7. The highest BCUT2D eigenvalue weighted by molar-refractivity contribution is 5.96. The largest absolute Gasteiger partial charge is 0.292 e. The van der Waals surface area contributed by atoms with E-state index in [9.17, 15) is 9.59 Å². The number of ketones is 2. The van der Waals surface area contributed by atoms with Crippen LogP contribution in [0.5, 0.6) is 0 Å². The lowest BCUT2D eigenvalue weighted by Gasteiger charge is -2.01. The lowest BCUT2D eigenvalue weighted by molar-refractivity contribution is 0.0960. The summed E-state index contributed by atoms with van der Waals surface area (Å²) < 4.78 is 0. The number of Topliss-reactive ketones (excluding diaryl/α,β-unsaturated/α-hetero) is 2. The minimum absolute atomic E-state index is 0.00286. The van der Waals surface area contributed by atoms with Gasteiger partial charge in [0.1, 0.15) is 11.4 Å². The Labute approximate surface area is 108 Å². The minimum atomic E-state index is -0.00286. The number of carbonyl (C=O) groups is 2. The SMILES string of the molecule is CCCCC(=O)c1cnc(C(=O)CCCC)cn1. The summed E-state index contributed by atoms with van der Waals surface area (Å²) in [7, 11) is 0. The monoisotopic (exact) mass is 248 g/mol. The van der Waals surface area contributed by atoms with Crippen molar-refractivity contribution in [1.29, 1.82) is 0 Å². The van der Waals surface area contributed by atoms with Crippen LogP contribution in [0.4, 0.5) is 0 Å². The molecular weight excluding hydrogens is 228 g/mol. The molecule has 0 aromatic carbocycles. The predicted molar refractivity (Wildman–Crippen MR) is 69.7 cm³/mol. The molecule has 0 radical (unpaired) electrons. The van der Waals surface area contributed by atoms with Gasteiger partial charge < -0.3 is 0 Å². The van der Waals surface area contributed by atoms with Gasteiger partial charge in [0.25, 0.3) is 0 Å². The number of hydrogen-bond donors (Lipinski definition) is 0. The van der Waals surface area contributed by atoms with Crippen molar-refractivity contribution in [2.75, 3.05) is 0 Å². The summed E-state index contributed by atoms with van der Waals surface area (Å²) in [6.45, 7) is 4.07. The van der Waals surface area contributed by atoms with E-state index in [0.717, 1.165) is 25.7 Å². The van der Waals surface area contributed by atoms with E-state index in [2.05, 4.69) is 9.97 Å². The maximum Gasteiger partial charge on any atom is 0.182 e. The summed E-state index contributed by atoms with van der Waals surface area (Å²) in [5.74, 6) is -0.00573. The van der Waals surface area contributed by atoms with Gasteiger partial charge in [-0.15, -0.1) is 0 Å². The fraction of sp³-hybridized carbons (Fsp3) is 0.571. The number of aromatic nitrogens is 2. The normalized spacial score (nSPS) is 10.3. The standard InChI is InChI=1S/C14H20N2O2/c1-3-5-7-13(17)11-9-16-12(10-15-11)14(18)8-6-4-2/h9-10H,3-8H2,1-2H3. The molecule has 18 heavy (non-hydrogen) atoms. The number of rotatable bonds is 8. The van der Waals surface area contributed by atoms with Gasteiger partial charge in [-0.05, 0) is 12.8 Å². The fourth-order valence-corrected chi connectivity index (χ4v) is 1.55. The summed E-state index contributed by atoms with van der Waals surface area (Å²) in [5.41, 5.74) is 0.714. The fourth-order valence-electron chi connectivity index (χ4n) is 1.55. The Morgan fingerprint density at radius 2 is 1.28 bits per heavy atom. The molecule has 0 bridgehead atoms. The average molecular weight is 248 g/mol. The Kier molecular flexibility index (Phi) is 6.19. The molecule has 0 atom stereocenters. The highest BCUT2D eigenvalue weighted by atomic mass is 16.1. The smallest absolute Gasteiger partial charge is 0.182 e. The topological polar surface area (TPSA) is 59.9 Å². The van der Waals surface area contributed by atoms with E-state index in [1.165, 1.54) is 12.4 Å². The molecule has 1 rings (SSSR count). The molecule has 0 aliphatic heterocycles. The highest BCUT2D eigenvalue weighted by Crippen LogP contribution is 2.06. The molecule has 4 heteroatoms. The molecule has 1 aromatic heterocycles. The second kappa shape index (κ2) is 7.69. The van der Waals surface area contributed by atoms with Gasteiger partial charge in [0, 0.05) is 12.8 Å². The van der Waals surface area contributed by atoms with Gasteiger partial charge in [0.05, 0.1) is 12.4 Å². The summed E-state index contributed by atoms with van der Waals surface area (Å²) in [6.07, 6.45) is 7.49. The Bertz CT molecular complexity index is 360. The molecule has 0 N–H and O–H groups in total. The van der Waals surface area contributed by atoms with Crippen LogP contribution >= 0.6 is 0 Å². The van der Waals surface area contributed by atoms with Crippen molar-refractivity contribution in [1.82, 2.24) is 9.97 Å². The predicted octanol–water partition coefficient (Wildman–Crippen LogP) is 3.22. The molecule has 0 spiro atoms. The lowest BCUT2D eigenvalue weighted by atomic mass is 10.1. The highest BCUT2D eigenvalue weighted by Gasteiger charge is 2.11. The van der Waals surface area contributed by atoms with E-state index >= 15 is 0 Å². The molecule has 1 aromatic rings. The molecule has 98 valence electrons. The number of carbonyl (C=O) groups excluding carboxylic acids is 2. The third kappa shape index (κ3) is 4.35. The first kappa shape index (κ1) is 14.5. The van der Waals surface area contributed by atoms with E-state index < -0.39 is 0 Å². The Balaban J connectivity index is 2.62. The van der Waals surface area contributed by atoms with Crippen LogP contribution in [0.15, 0.2) is 12.4 Å². The third-order valence-electron chi connectivity index (χ3n) is 2.74. The zero-order chi connectivity index (χ0) is 13.4. The summed E-state index contributed by atoms with van der Waals surface area (Å²) >= 11 is 0. The molecule has 0 fully saturated rings. The quantitative estimate of drug-likeness (QED) is 0.663. The van der Waals surface area contributed by atoms with Crippen LogP contribution in [0, 0.1) is 0 Å². The molecule has 4 nitrogen and oxygen atoms in total. The van der Waals surface area contributed by atoms with Crippen molar-refractivity contribution >= 4 is 11.6 Å². The van der Waals surface area contributed by atoms with E-state index in [0.29, 0.717) is 24.2 Å². The van der Waals surface area contributed by atoms with E-state index in [1.807, 2.05) is 13.8 Å². The van der Waals surface area contributed by atoms with Gasteiger partial charge in [0.2, 0.25) is 0 Å². The van der Waals surface area contributed by atoms with E-state index in [-0.39, 0.29) is 11.6 Å². The number of unbranched alkanes of at least 4 members (excludes halogenated alkanes) is 2. The van der Waals surface area contributed by atoms with Crippen molar-refractivity contribution in [3.63, 3.8) is 0 Å². The van der Waals surface area contributed by atoms with Gasteiger partial charge in [-0.3, -0.25) is 9.59 Å². The van der Waals surface area contributed by atoms with Crippen molar-refractivity contribution in [2.24, 2.45) is 0 Å². The van der Waals surface area contributed by atoms with Gasteiger partial charge in [-0.25, -0.2) is 9.97 Å². The Morgan fingerprint density at radius 3 is 1.56 bits per heavy atom. The molecule has 0 saturated heterocycles. The van der Waals surface area contributed by atoms with Gasteiger partial charge in [0.15, 0.2) is 11.6 Å². The van der Waals surface area contributed by atoms with Crippen LogP contribution in [0.1, 0.15) is 73.3 Å². The summed E-state index contributed by atoms with van der Waals surface area (Å²) in [6, 6.07) is 0. The minimum Gasteiger partial charge on any atom is -0.292 e. The van der Waals surface area contributed by atoms with Crippen LogP contribution in [0.25, 0.3) is 0 Å². The van der Waals surface area contributed by atoms with Crippen LogP contribution in [0.2, 0.25) is 0 Å². The molecule has 0 saturated carbocycles. The van der Waals surface area contributed by atoms with Crippen LogP contribution in [-0.2, 0) is 0 Å². The van der Waals surface area contributed by atoms with Crippen LogP contribution in [-0.4, -0.2) is 21.5 Å². The van der Waals surface area contributed by atoms with Crippen molar-refractivity contribution in [2.45, 2.75) is 52.4 Å². The lowest BCUT2D eigenvalue weighted by Crippen LogP contribution is -2.07. The molecular formula is C14H20N2O2. The molecule has 0 unspecified atom stereocenters. The maximum absolute atomic E-state index is 11.7. The zero-order valence-electron chi connectivity index (χ0n) is 11.1. The first-order chi connectivity index (χ1) is 8.69. The van der Waals surface area contributed by atoms with Gasteiger partial charge >= 0.3 is 0 Å². The van der Waals surface area contributed by atoms with Crippen molar-refractivity contribution < 1.29 is 9.59 Å². The summed E-state index contributed by atoms with van der Waals surface area (Å²) in [5, 5.41) is 0. The molecule has 0 aliphatic carbocycles. The zero-order valence-corrected chi connectivity index (χ0v) is 11.1. The van der Waals surface area contributed by atoms with E-state index in [4.69, 9.17) is 0 Å². The third-order valence-corrected chi connectivity index (χ3v) is 2.74. The first-order valence-corrected chi connectivity index (χ1v) is 6.57. The first-order valence-electron chi connectivity index (χ1n) is 6.57. The number of hydrogen-bond acceptors (Lipinski definition) is 4. The van der Waals surface area contributed by atoms with Crippen LogP contribution in [0.3, 0.4) is 0 Å². The van der Waals surface area contributed by atoms with Gasteiger partial charge in [-0.1, -0.05) is 26.7 Å². The Hall–Kier alpha value is -1.58.